The summed E-state index contributed by atoms with van der Waals surface area (Å²) in [6.45, 7) is 2.05. The summed E-state index contributed by atoms with van der Waals surface area (Å²) < 4.78 is 0. The molecule has 0 bridgehead atoms. The van der Waals surface area contributed by atoms with Crippen LogP contribution in [0.3, 0.4) is 0 Å². The van der Waals surface area contributed by atoms with E-state index < -0.39 is 0 Å². The van der Waals surface area contributed by atoms with Crippen LogP contribution < -0.4 is 5.32 Å². The van der Waals surface area contributed by atoms with Crippen LogP contribution in [0, 0.1) is 5.92 Å². The third kappa shape index (κ3) is 4.70. The lowest BCUT2D eigenvalue weighted by Crippen LogP contribution is -2.27. The number of amides is 1. The van der Waals surface area contributed by atoms with Crippen molar-refractivity contribution in [3.8, 4) is 0 Å². The Labute approximate surface area is 116 Å². The third-order valence-corrected chi connectivity index (χ3v) is 4.18. The van der Waals surface area contributed by atoms with E-state index in [1.54, 1.807) is 0 Å². The van der Waals surface area contributed by atoms with Crippen molar-refractivity contribution in [1.29, 1.82) is 0 Å². The summed E-state index contributed by atoms with van der Waals surface area (Å²) in [4.78, 5) is 12.0. The number of nitrogens with one attached hydrogen (secondary N) is 1. The van der Waals surface area contributed by atoms with Crippen LogP contribution in [0.15, 0.2) is 30.3 Å². The number of hydrogen-bond donors (Lipinski definition) is 1. The van der Waals surface area contributed by atoms with Crippen molar-refractivity contribution >= 4 is 5.91 Å². The number of carbonyl (C=O) groups excluding carboxylic acids is 1. The molecule has 1 amide bonds. The average molecular weight is 259 g/mol. The monoisotopic (exact) mass is 259 g/mol. The molecule has 2 heteroatoms. The van der Waals surface area contributed by atoms with Crippen molar-refractivity contribution in [3.05, 3.63) is 35.9 Å². The second kappa shape index (κ2) is 7.32. The van der Waals surface area contributed by atoms with E-state index in [0.717, 1.165) is 12.3 Å². The third-order valence-electron chi connectivity index (χ3n) is 4.18. The summed E-state index contributed by atoms with van der Waals surface area (Å²) in [6, 6.07) is 10.3. The van der Waals surface area contributed by atoms with Gasteiger partial charge < -0.3 is 5.32 Å². The Balaban J connectivity index is 1.71. The van der Waals surface area contributed by atoms with Crippen molar-refractivity contribution in [2.75, 3.05) is 0 Å². The minimum absolute atomic E-state index is 0.111. The second-order valence-corrected chi connectivity index (χ2v) is 5.74. The zero-order valence-electron chi connectivity index (χ0n) is 11.9. The quantitative estimate of drug-likeness (QED) is 0.842. The molecule has 1 fully saturated rings. The van der Waals surface area contributed by atoms with Gasteiger partial charge in [-0.05, 0) is 24.8 Å². The molecule has 104 valence electrons. The molecule has 0 spiro atoms. The average Bonchev–Trinajstić information content (AvgIpc) is 2.47. The van der Waals surface area contributed by atoms with Crippen LogP contribution >= 0.6 is 0 Å². The van der Waals surface area contributed by atoms with Gasteiger partial charge in [-0.3, -0.25) is 4.79 Å². The maximum atomic E-state index is 12.0. The van der Waals surface area contributed by atoms with Crippen molar-refractivity contribution < 1.29 is 4.79 Å². The Morgan fingerprint density at radius 2 is 1.89 bits per heavy atom. The van der Waals surface area contributed by atoms with E-state index in [4.69, 9.17) is 0 Å². The minimum Gasteiger partial charge on any atom is -0.350 e. The summed E-state index contributed by atoms with van der Waals surface area (Å²) in [6.07, 6.45) is 8.48. The largest absolute Gasteiger partial charge is 0.350 e. The SMILES string of the molecule is CC(NC(=O)CCC1CCCCC1)c1ccccc1. The lowest BCUT2D eigenvalue weighted by atomic mass is 9.86. The smallest absolute Gasteiger partial charge is 0.220 e. The molecule has 0 heterocycles. The van der Waals surface area contributed by atoms with Crippen LogP contribution in [-0.2, 0) is 4.79 Å². The van der Waals surface area contributed by atoms with Crippen LogP contribution in [0.4, 0.5) is 0 Å². The van der Waals surface area contributed by atoms with Crippen LogP contribution in [-0.4, -0.2) is 5.91 Å². The Kier molecular flexibility index (Phi) is 5.44. The number of hydrogen-bond acceptors (Lipinski definition) is 1. The highest BCUT2D eigenvalue weighted by Gasteiger charge is 2.15. The van der Waals surface area contributed by atoms with E-state index >= 15 is 0 Å². The molecule has 19 heavy (non-hydrogen) atoms. The maximum absolute atomic E-state index is 12.0. The molecule has 0 saturated heterocycles. The molecule has 1 atom stereocenters. The first-order valence-corrected chi connectivity index (χ1v) is 7.60. The standard InChI is InChI=1S/C17H25NO/c1-14(16-10-6-3-7-11-16)18-17(19)13-12-15-8-4-2-5-9-15/h3,6-7,10-11,14-15H,2,4-5,8-9,12-13H2,1H3,(H,18,19). The summed E-state index contributed by atoms with van der Waals surface area (Å²) in [5.41, 5.74) is 1.17. The van der Waals surface area contributed by atoms with Crippen LogP contribution in [0.5, 0.6) is 0 Å². The Morgan fingerprint density at radius 3 is 2.58 bits per heavy atom. The molecular formula is C17H25NO. The van der Waals surface area contributed by atoms with Crippen molar-refractivity contribution in [2.24, 2.45) is 5.92 Å². The highest BCUT2D eigenvalue weighted by molar-refractivity contribution is 5.76. The molecule has 0 aromatic heterocycles. The minimum atomic E-state index is 0.111. The van der Waals surface area contributed by atoms with Crippen LogP contribution in [0.2, 0.25) is 0 Å². The number of rotatable bonds is 5. The zero-order valence-corrected chi connectivity index (χ0v) is 11.9. The molecule has 1 aromatic carbocycles. The van der Waals surface area contributed by atoms with Gasteiger partial charge in [0.05, 0.1) is 6.04 Å². The van der Waals surface area contributed by atoms with Gasteiger partial charge in [0.2, 0.25) is 5.91 Å². The van der Waals surface area contributed by atoms with Gasteiger partial charge in [-0.25, -0.2) is 0 Å². The predicted octanol–water partition coefficient (Wildman–Crippen LogP) is 4.22. The normalized spacial score (nSPS) is 17.9. The fourth-order valence-electron chi connectivity index (χ4n) is 2.95. The Morgan fingerprint density at radius 1 is 1.21 bits per heavy atom. The van der Waals surface area contributed by atoms with Gasteiger partial charge in [-0.15, -0.1) is 0 Å². The lowest BCUT2D eigenvalue weighted by Gasteiger charge is -2.21. The van der Waals surface area contributed by atoms with E-state index in [0.29, 0.717) is 6.42 Å². The zero-order chi connectivity index (χ0) is 13.5. The van der Waals surface area contributed by atoms with E-state index in [9.17, 15) is 4.79 Å². The second-order valence-electron chi connectivity index (χ2n) is 5.74. The first-order valence-electron chi connectivity index (χ1n) is 7.60. The van der Waals surface area contributed by atoms with E-state index in [2.05, 4.69) is 17.4 Å². The predicted molar refractivity (Wildman–Crippen MR) is 78.8 cm³/mol. The van der Waals surface area contributed by atoms with Gasteiger partial charge in [0.15, 0.2) is 0 Å². The van der Waals surface area contributed by atoms with E-state index in [-0.39, 0.29) is 11.9 Å². The number of carbonyl (C=O) groups is 1. The van der Waals surface area contributed by atoms with Gasteiger partial charge in [0, 0.05) is 6.42 Å². The molecule has 0 aliphatic heterocycles. The Hall–Kier alpha value is -1.31. The van der Waals surface area contributed by atoms with Crippen LogP contribution in [0.25, 0.3) is 0 Å². The fraction of sp³-hybridized carbons (Fsp3) is 0.588. The Bertz CT molecular complexity index is 382. The van der Waals surface area contributed by atoms with Crippen LogP contribution in [0.1, 0.15) is 63.5 Å². The first-order chi connectivity index (χ1) is 9.25. The fourth-order valence-corrected chi connectivity index (χ4v) is 2.95. The maximum Gasteiger partial charge on any atom is 0.220 e. The van der Waals surface area contributed by atoms with E-state index in [1.807, 2.05) is 25.1 Å². The van der Waals surface area contributed by atoms with E-state index in [1.165, 1.54) is 37.7 Å². The van der Waals surface area contributed by atoms with Crippen molar-refractivity contribution in [3.63, 3.8) is 0 Å². The first kappa shape index (κ1) is 14.1. The summed E-state index contributed by atoms with van der Waals surface area (Å²) in [7, 11) is 0. The molecule has 1 aliphatic rings. The summed E-state index contributed by atoms with van der Waals surface area (Å²) >= 11 is 0. The molecule has 0 radical (unpaired) electrons. The topological polar surface area (TPSA) is 29.1 Å². The van der Waals surface area contributed by atoms with Gasteiger partial charge in [0.25, 0.3) is 0 Å². The van der Waals surface area contributed by atoms with Gasteiger partial charge in [0.1, 0.15) is 0 Å². The molecule has 1 unspecified atom stereocenters. The lowest BCUT2D eigenvalue weighted by molar-refractivity contribution is -0.122. The molecular weight excluding hydrogens is 234 g/mol. The van der Waals surface area contributed by atoms with Gasteiger partial charge >= 0.3 is 0 Å². The molecule has 1 N–H and O–H groups in total. The van der Waals surface area contributed by atoms with Crippen molar-refractivity contribution in [1.82, 2.24) is 5.32 Å². The highest BCUT2D eigenvalue weighted by atomic mass is 16.1. The molecule has 2 rings (SSSR count). The number of benzene rings is 1. The highest BCUT2D eigenvalue weighted by Crippen LogP contribution is 2.27. The summed E-state index contributed by atoms with van der Waals surface area (Å²) in [5.74, 6) is 0.980. The van der Waals surface area contributed by atoms with Gasteiger partial charge in [-0.2, -0.15) is 0 Å². The van der Waals surface area contributed by atoms with Gasteiger partial charge in [-0.1, -0.05) is 62.4 Å². The summed E-state index contributed by atoms with van der Waals surface area (Å²) in [5, 5.41) is 3.10. The molecule has 1 aromatic rings. The molecule has 2 nitrogen and oxygen atoms in total. The molecule has 1 saturated carbocycles. The molecule has 1 aliphatic carbocycles. The van der Waals surface area contributed by atoms with Crippen molar-refractivity contribution in [2.45, 2.75) is 57.9 Å².